The van der Waals surface area contributed by atoms with E-state index in [1.807, 2.05) is 6.92 Å². The van der Waals surface area contributed by atoms with Crippen molar-refractivity contribution in [3.05, 3.63) is 35.1 Å². The Hall–Kier alpha value is -0.930. The van der Waals surface area contributed by atoms with Crippen molar-refractivity contribution in [1.29, 1.82) is 0 Å². The van der Waals surface area contributed by atoms with Crippen LogP contribution in [0.25, 0.3) is 0 Å². The molecule has 0 spiro atoms. The van der Waals surface area contributed by atoms with E-state index in [2.05, 4.69) is 6.92 Å². The monoisotopic (exact) mass is 223 g/mol. The first-order chi connectivity index (χ1) is 7.59. The fourth-order valence-electron chi connectivity index (χ4n) is 2.46. The molecule has 1 heterocycles. The van der Waals surface area contributed by atoms with Gasteiger partial charge in [0.1, 0.15) is 5.82 Å². The summed E-state index contributed by atoms with van der Waals surface area (Å²) in [4.78, 5) is 0. The summed E-state index contributed by atoms with van der Waals surface area (Å²) >= 11 is 0. The Kier molecular flexibility index (Phi) is 3.26. The zero-order chi connectivity index (χ0) is 11.7. The third-order valence-electron chi connectivity index (χ3n) is 3.49. The molecular weight excluding hydrogens is 205 g/mol. The number of benzene rings is 1. The van der Waals surface area contributed by atoms with E-state index in [-0.39, 0.29) is 18.0 Å². The van der Waals surface area contributed by atoms with Crippen molar-refractivity contribution in [2.75, 3.05) is 6.61 Å². The predicted octanol–water partition coefficient (Wildman–Crippen LogP) is 2.56. The van der Waals surface area contributed by atoms with Crippen LogP contribution in [0.2, 0.25) is 0 Å². The van der Waals surface area contributed by atoms with Gasteiger partial charge in [0.2, 0.25) is 0 Å². The van der Waals surface area contributed by atoms with Gasteiger partial charge in [0.05, 0.1) is 6.10 Å². The van der Waals surface area contributed by atoms with Crippen LogP contribution in [0.3, 0.4) is 0 Å². The van der Waals surface area contributed by atoms with Crippen LogP contribution in [0.4, 0.5) is 4.39 Å². The number of rotatable bonds is 2. The first-order valence-electron chi connectivity index (χ1n) is 5.73. The Labute approximate surface area is 95.6 Å². The number of halogens is 1. The van der Waals surface area contributed by atoms with E-state index < -0.39 is 0 Å². The Morgan fingerprint density at radius 1 is 1.50 bits per heavy atom. The molecule has 1 fully saturated rings. The van der Waals surface area contributed by atoms with Crippen LogP contribution in [0.1, 0.15) is 30.5 Å². The van der Waals surface area contributed by atoms with E-state index in [0.717, 1.165) is 24.2 Å². The summed E-state index contributed by atoms with van der Waals surface area (Å²) in [6.07, 6.45) is 1.18. The standard InChI is InChI=1S/C13H18FNO/c1-8-7-10(14)3-4-11(8)13(15)12-5-6-16-9(12)2/h3-4,7,9,12-13H,5-6,15H2,1-2H3. The Balaban J connectivity index is 2.23. The van der Waals surface area contributed by atoms with Crippen molar-refractivity contribution in [2.45, 2.75) is 32.4 Å². The van der Waals surface area contributed by atoms with E-state index in [0.29, 0.717) is 5.92 Å². The lowest BCUT2D eigenvalue weighted by Gasteiger charge is -2.23. The van der Waals surface area contributed by atoms with E-state index in [1.165, 1.54) is 12.1 Å². The summed E-state index contributed by atoms with van der Waals surface area (Å²) in [6.45, 7) is 4.73. The summed E-state index contributed by atoms with van der Waals surface area (Å²) in [5.74, 6) is 0.133. The molecule has 2 nitrogen and oxygen atoms in total. The van der Waals surface area contributed by atoms with Gasteiger partial charge in [-0.3, -0.25) is 0 Å². The summed E-state index contributed by atoms with van der Waals surface area (Å²) in [6, 6.07) is 4.75. The van der Waals surface area contributed by atoms with Gasteiger partial charge in [-0.05, 0) is 43.5 Å². The lowest BCUT2D eigenvalue weighted by molar-refractivity contribution is 0.0994. The molecular formula is C13H18FNO. The molecule has 16 heavy (non-hydrogen) atoms. The topological polar surface area (TPSA) is 35.2 Å². The molecule has 0 aliphatic carbocycles. The fourth-order valence-corrected chi connectivity index (χ4v) is 2.46. The van der Waals surface area contributed by atoms with Crippen molar-refractivity contribution in [2.24, 2.45) is 11.7 Å². The van der Waals surface area contributed by atoms with Crippen molar-refractivity contribution in [1.82, 2.24) is 0 Å². The average molecular weight is 223 g/mol. The highest BCUT2D eigenvalue weighted by atomic mass is 19.1. The summed E-state index contributed by atoms with van der Waals surface area (Å²) < 4.78 is 18.5. The van der Waals surface area contributed by atoms with E-state index in [4.69, 9.17) is 10.5 Å². The minimum absolute atomic E-state index is 0.0573. The molecule has 2 N–H and O–H groups in total. The van der Waals surface area contributed by atoms with Gasteiger partial charge in [-0.15, -0.1) is 0 Å². The fraction of sp³-hybridized carbons (Fsp3) is 0.538. The zero-order valence-corrected chi connectivity index (χ0v) is 9.74. The number of hydrogen-bond acceptors (Lipinski definition) is 2. The minimum atomic E-state index is -0.204. The van der Waals surface area contributed by atoms with Crippen molar-refractivity contribution < 1.29 is 9.13 Å². The van der Waals surface area contributed by atoms with Gasteiger partial charge >= 0.3 is 0 Å². The molecule has 1 aliphatic heterocycles. The van der Waals surface area contributed by atoms with Crippen molar-refractivity contribution in [3.63, 3.8) is 0 Å². The lowest BCUT2D eigenvalue weighted by Crippen LogP contribution is -2.27. The van der Waals surface area contributed by atoms with Crippen LogP contribution >= 0.6 is 0 Å². The van der Waals surface area contributed by atoms with Crippen LogP contribution in [0.15, 0.2) is 18.2 Å². The Morgan fingerprint density at radius 2 is 2.25 bits per heavy atom. The SMILES string of the molecule is Cc1cc(F)ccc1C(N)C1CCOC1C. The van der Waals surface area contributed by atoms with Gasteiger partial charge < -0.3 is 10.5 Å². The third-order valence-corrected chi connectivity index (χ3v) is 3.49. The quantitative estimate of drug-likeness (QED) is 0.836. The number of nitrogens with two attached hydrogens (primary N) is 1. The maximum absolute atomic E-state index is 13.0. The molecule has 0 amide bonds. The molecule has 3 unspecified atom stereocenters. The maximum atomic E-state index is 13.0. The Bertz CT molecular complexity index is 380. The summed E-state index contributed by atoms with van der Waals surface area (Å²) in [7, 11) is 0. The second kappa shape index (κ2) is 4.52. The van der Waals surface area contributed by atoms with Crippen LogP contribution < -0.4 is 5.73 Å². The lowest BCUT2D eigenvalue weighted by atomic mass is 9.87. The molecule has 0 saturated carbocycles. The van der Waals surface area contributed by atoms with Crippen molar-refractivity contribution in [3.8, 4) is 0 Å². The molecule has 3 heteroatoms. The molecule has 1 aliphatic rings. The van der Waals surface area contributed by atoms with Crippen molar-refractivity contribution >= 4 is 0 Å². The maximum Gasteiger partial charge on any atom is 0.123 e. The minimum Gasteiger partial charge on any atom is -0.378 e. The first-order valence-corrected chi connectivity index (χ1v) is 5.73. The molecule has 3 atom stereocenters. The van der Waals surface area contributed by atoms with E-state index >= 15 is 0 Å². The largest absolute Gasteiger partial charge is 0.378 e. The second-order valence-electron chi connectivity index (χ2n) is 4.56. The highest BCUT2D eigenvalue weighted by Crippen LogP contribution is 2.32. The highest BCUT2D eigenvalue weighted by Gasteiger charge is 2.31. The second-order valence-corrected chi connectivity index (χ2v) is 4.56. The Morgan fingerprint density at radius 3 is 2.81 bits per heavy atom. The van der Waals surface area contributed by atoms with Gasteiger partial charge in [-0.1, -0.05) is 6.07 Å². The van der Waals surface area contributed by atoms with Gasteiger partial charge in [0.15, 0.2) is 0 Å². The smallest absolute Gasteiger partial charge is 0.123 e. The molecule has 88 valence electrons. The molecule has 0 radical (unpaired) electrons. The van der Waals surface area contributed by atoms with Gasteiger partial charge in [0, 0.05) is 18.6 Å². The van der Waals surface area contributed by atoms with Crippen LogP contribution in [0, 0.1) is 18.7 Å². The molecule has 0 aromatic heterocycles. The van der Waals surface area contributed by atoms with Crippen LogP contribution in [0.5, 0.6) is 0 Å². The zero-order valence-electron chi connectivity index (χ0n) is 9.74. The van der Waals surface area contributed by atoms with Crippen LogP contribution in [-0.4, -0.2) is 12.7 Å². The summed E-state index contributed by atoms with van der Waals surface area (Å²) in [5, 5.41) is 0. The molecule has 1 saturated heterocycles. The molecule has 1 aromatic carbocycles. The predicted molar refractivity (Wildman–Crippen MR) is 61.6 cm³/mol. The first kappa shape index (κ1) is 11.6. The number of aryl methyl sites for hydroxylation is 1. The summed E-state index contributed by atoms with van der Waals surface area (Å²) in [5.41, 5.74) is 8.19. The van der Waals surface area contributed by atoms with E-state index in [1.54, 1.807) is 6.07 Å². The number of ether oxygens (including phenoxy) is 1. The molecule has 0 bridgehead atoms. The van der Waals surface area contributed by atoms with Gasteiger partial charge in [0.25, 0.3) is 0 Å². The molecule has 1 aromatic rings. The van der Waals surface area contributed by atoms with Crippen LogP contribution in [-0.2, 0) is 4.74 Å². The third kappa shape index (κ3) is 2.11. The van der Waals surface area contributed by atoms with Gasteiger partial charge in [-0.2, -0.15) is 0 Å². The highest BCUT2D eigenvalue weighted by molar-refractivity contribution is 5.30. The number of hydrogen-bond donors (Lipinski definition) is 1. The normalized spacial score (nSPS) is 27.0. The van der Waals surface area contributed by atoms with Gasteiger partial charge in [-0.25, -0.2) is 4.39 Å². The molecule has 2 rings (SSSR count). The van der Waals surface area contributed by atoms with E-state index in [9.17, 15) is 4.39 Å². The average Bonchev–Trinajstić information content (AvgIpc) is 2.63.